The van der Waals surface area contributed by atoms with Gasteiger partial charge in [-0.25, -0.2) is 5.43 Å². The molecule has 4 heteroatoms. The van der Waals surface area contributed by atoms with Crippen molar-refractivity contribution in [2.75, 3.05) is 19.0 Å². The molecule has 0 bridgehead atoms. The number of anilines is 1. The number of carbonyl (C=O) groups excluding carboxylic acids is 1. The predicted molar refractivity (Wildman–Crippen MR) is 91.5 cm³/mol. The average molecular weight is 295 g/mol. The highest BCUT2D eigenvalue weighted by Gasteiger charge is 2.04. The van der Waals surface area contributed by atoms with Crippen LogP contribution < -0.4 is 10.3 Å². The predicted octanol–water partition coefficient (Wildman–Crippen LogP) is 3.10. The van der Waals surface area contributed by atoms with Gasteiger partial charge in [-0.1, -0.05) is 30.3 Å². The molecule has 0 saturated heterocycles. The van der Waals surface area contributed by atoms with E-state index in [1.807, 2.05) is 49.3 Å². The van der Waals surface area contributed by atoms with E-state index in [2.05, 4.69) is 22.7 Å². The molecule has 0 aliphatic carbocycles. The van der Waals surface area contributed by atoms with Gasteiger partial charge in [0, 0.05) is 31.6 Å². The fourth-order valence-corrected chi connectivity index (χ4v) is 2.02. The molecule has 114 valence electrons. The number of hydrogen-bond donors (Lipinski definition) is 1. The standard InChI is InChI=1S/C18H21N3O/c1-21(2)17-12-10-16(11-13-17)18(22)20-19-14-6-9-15-7-4-3-5-8-15/h3-5,7-8,10-14H,6,9H2,1-2H3,(H,20,22). The molecule has 22 heavy (non-hydrogen) atoms. The quantitative estimate of drug-likeness (QED) is 0.657. The number of hydrogen-bond acceptors (Lipinski definition) is 3. The second kappa shape index (κ2) is 7.98. The lowest BCUT2D eigenvalue weighted by atomic mass is 10.1. The van der Waals surface area contributed by atoms with Crippen LogP contribution in [0.25, 0.3) is 0 Å². The molecule has 0 aromatic heterocycles. The molecule has 1 N–H and O–H groups in total. The Morgan fingerprint density at radius 3 is 2.41 bits per heavy atom. The Hall–Kier alpha value is -2.62. The lowest BCUT2D eigenvalue weighted by Gasteiger charge is -2.12. The smallest absolute Gasteiger partial charge is 0.271 e. The third-order valence-electron chi connectivity index (χ3n) is 3.31. The second-order valence-corrected chi connectivity index (χ2v) is 5.22. The number of nitrogens with zero attached hydrogens (tertiary/aromatic N) is 2. The van der Waals surface area contributed by atoms with Crippen molar-refractivity contribution in [2.45, 2.75) is 12.8 Å². The molecule has 1 amide bonds. The van der Waals surface area contributed by atoms with E-state index < -0.39 is 0 Å². The SMILES string of the molecule is CN(C)c1ccc(C(=O)NN=CCCc2ccccc2)cc1. The van der Waals surface area contributed by atoms with Gasteiger partial charge < -0.3 is 4.90 Å². The van der Waals surface area contributed by atoms with Crippen molar-refractivity contribution < 1.29 is 4.79 Å². The Labute approximate surface area is 131 Å². The molecular formula is C18H21N3O. The van der Waals surface area contributed by atoms with Gasteiger partial charge in [0.05, 0.1) is 0 Å². The van der Waals surface area contributed by atoms with E-state index in [0.29, 0.717) is 5.56 Å². The maximum Gasteiger partial charge on any atom is 0.271 e. The Balaban J connectivity index is 1.78. The van der Waals surface area contributed by atoms with Crippen molar-refractivity contribution in [1.29, 1.82) is 0 Å². The zero-order chi connectivity index (χ0) is 15.8. The molecule has 2 aromatic rings. The summed E-state index contributed by atoms with van der Waals surface area (Å²) in [7, 11) is 3.93. The van der Waals surface area contributed by atoms with E-state index in [4.69, 9.17) is 0 Å². The third kappa shape index (κ3) is 4.74. The highest BCUT2D eigenvalue weighted by molar-refractivity contribution is 5.94. The summed E-state index contributed by atoms with van der Waals surface area (Å²) in [4.78, 5) is 13.9. The van der Waals surface area contributed by atoms with Crippen molar-refractivity contribution in [1.82, 2.24) is 5.43 Å². The first kappa shape index (κ1) is 15.8. The molecule has 2 aromatic carbocycles. The molecule has 0 spiro atoms. The molecule has 0 radical (unpaired) electrons. The van der Waals surface area contributed by atoms with Gasteiger partial charge >= 0.3 is 0 Å². The van der Waals surface area contributed by atoms with E-state index in [1.54, 1.807) is 18.3 Å². The molecule has 0 saturated carbocycles. The zero-order valence-electron chi connectivity index (χ0n) is 13.0. The van der Waals surface area contributed by atoms with Crippen LogP contribution in [0.4, 0.5) is 5.69 Å². The summed E-state index contributed by atoms with van der Waals surface area (Å²) in [5.41, 5.74) is 5.48. The minimum Gasteiger partial charge on any atom is -0.378 e. The van der Waals surface area contributed by atoms with E-state index in [-0.39, 0.29) is 5.91 Å². The number of rotatable bonds is 6. The summed E-state index contributed by atoms with van der Waals surface area (Å²) in [6.45, 7) is 0. The molecule has 0 atom stereocenters. The Bertz CT molecular complexity index is 619. The van der Waals surface area contributed by atoms with Gasteiger partial charge in [-0.3, -0.25) is 4.79 Å². The van der Waals surface area contributed by atoms with Gasteiger partial charge in [-0.15, -0.1) is 0 Å². The summed E-state index contributed by atoms with van der Waals surface area (Å²) < 4.78 is 0. The molecule has 0 heterocycles. The number of nitrogens with one attached hydrogen (secondary N) is 1. The Morgan fingerprint density at radius 1 is 1.09 bits per heavy atom. The molecule has 0 unspecified atom stereocenters. The fraction of sp³-hybridized carbons (Fsp3) is 0.222. The Kier molecular flexibility index (Phi) is 5.72. The van der Waals surface area contributed by atoms with E-state index in [1.165, 1.54) is 5.56 Å². The van der Waals surface area contributed by atoms with Crippen molar-refractivity contribution >= 4 is 17.8 Å². The van der Waals surface area contributed by atoms with Crippen LogP contribution in [-0.2, 0) is 6.42 Å². The molecule has 0 fully saturated rings. The highest BCUT2D eigenvalue weighted by Crippen LogP contribution is 2.12. The normalized spacial score (nSPS) is 10.6. The summed E-state index contributed by atoms with van der Waals surface area (Å²) in [5, 5.41) is 3.99. The summed E-state index contributed by atoms with van der Waals surface area (Å²) in [6, 6.07) is 17.6. The van der Waals surface area contributed by atoms with Crippen LogP contribution in [0.15, 0.2) is 59.7 Å². The number of carbonyl (C=O) groups is 1. The molecule has 4 nitrogen and oxygen atoms in total. The van der Waals surface area contributed by atoms with Crippen molar-refractivity contribution in [3.05, 3.63) is 65.7 Å². The van der Waals surface area contributed by atoms with Crippen molar-refractivity contribution in [2.24, 2.45) is 5.10 Å². The minimum atomic E-state index is -0.193. The van der Waals surface area contributed by atoms with Crippen LogP contribution in [0.5, 0.6) is 0 Å². The fourth-order valence-electron chi connectivity index (χ4n) is 2.02. The summed E-state index contributed by atoms with van der Waals surface area (Å²) in [5.74, 6) is -0.193. The zero-order valence-corrected chi connectivity index (χ0v) is 13.0. The minimum absolute atomic E-state index is 0.193. The molecule has 2 rings (SSSR count). The number of benzene rings is 2. The van der Waals surface area contributed by atoms with Gasteiger partial charge in [0.25, 0.3) is 5.91 Å². The van der Waals surface area contributed by atoms with E-state index in [9.17, 15) is 4.79 Å². The van der Waals surface area contributed by atoms with E-state index >= 15 is 0 Å². The highest BCUT2D eigenvalue weighted by atomic mass is 16.2. The van der Waals surface area contributed by atoms with Crippen molar-refractivity contribution in [3.63, 3.8) is 0 Å². The van der Waals surface area contributed by atoms with Gasteiger partial charge in [-0.2, -0.15) is 5.10 Å². The van der Waals surface area contributed by atoms with Crippen molar-refractivity contribution in [3.8, 4) is 0 Å². The van der Waals surface area contributed by atoms with E-state index in [0.717, 1.165) is 18.5 Å². The molecular weight excluding hydrogens is 274 g/mol. The molecule has 0 aliphatic heterocycles. The average Bonchev–Trinajstić information content (AvgIpc) is 2.55. The lowest BCUT2D eigenvalue weighted by Crippen LogP contribution is -2.17. The second-order valence-electron chi connectivity index (χ2n) is 5.22. The maximum absolute atomic E-state index is 11.9. The molecule has 0 aliphatic rings. The first-order chi connectivity index (χ1) is 10.7. The monoisotopic (exact) mass is 295 g/mol. The van der Waals surface area contributed by atoms with Crippen LogP contribution in [0.2, 0.25) is 0 Å². The van der Waals surface area contributed by atoms with Crippen LogP contribution in [-0.4, -0.2) is 26.2 Å². The van der Waals surface area contributed by atoms with Gasteiger partial charge in [0.15, 0.2) is 0 Å². The summed E-state index contributed by atoms with van der Waals surface area (Å²) >= 11 is 0. The van der Waals surface area contributed by atoms with Crippen LogP contribution in [0.1, 0.15) is 22.3 Å². The van der Waals surface area contributed by atoms with Gasteiger partial charge in [0.2, 0.25) is 0 Å². The van der Waals surface area contributed by atoms with Crippen LogP contribution in [0, 0.1) is 0 Å². The topological polar surface area (TPSA) is 44.7 Å². The number of hydrazone groups is 1. The van der Waals surface area contributed by atoms with Gasteiger partial charge in [-0.05, 0) is 42.7 Å². The van der Waals surface area contributed by atoms with Gasteiger partial charge in [0.1, 0.15) is 0 Å². The maximum atomic E-state index is 11.9. The third-order valence-corrected chi connectivity index (χ3v) is 3.31. The number of aryl methyl sites for hydroxylation is 1. The largest absolute Gasteiger partial charge is 0.378 e. The lowest BCUT2D eigenvalue weighted by molar-refractivity contribution is 0.0955. The Morgan fingerprint density at radius 2 is 1.77 bits per heavy atom. The number of amides is 1. The summed E-state index contributed by atoms with van der Waals surface area (Å²) in [6.07, 6.45) is 3.45. The first-order valence-corrected chi connectivity index (χ1v) is 7.30. The first-order valence-electron chi connectivity index (χ1n) is 7.30. The van der Waals surface area contributed by atoms with Crippen LogP contribution >= 0.6 is 0 Å². The van der Waals surface area contributed by atoms with Crippen LogP contribution in [0.3, 0.4) is 0 Å².